The molecule has 0 saturated carbocycles. The van der Waals surface area contributed by atoms with Crippen LogP contribution in [0.1, 0.15) is 18.1 Å². The van der Waals surface area contributed by atoms with Crippen molar-refractivity contribution in [2.75, 3.05) is 6.54 Å². The number of hydrogen-bond acceptors (Lipinski definition) is 7. The normalized spacial score (nSPS) is 16.4. The van der Waals surface area contributed by atoms with Crippen LogP contribution in [0, 0.1) is 5.92 Å². The van der Waals surface area contributed by atoms with Crippen LogP contribution in [0.4, 0.5) is 0 Å². The zero-order chi connectivity index (χ0) is 17.1. The van der Waals surface area contributed by atoms with Gasteiger partial charge in [0, 0.05) is 37.3 Å². The Kier molecular flexibility index (Phi) is 4.19. The molecule has 9 heteroatoms. The Balaban J connectivity index is 1.28. The number of aromatic nitrogens is 6. The van der Waals surface area contributed by atoms with E-state index in [-0.39, 0.29) is 11.8 Å². The van der Waals surface area contributed by atoms with Crippen molar-refractivity contribution in [2.45, 2.75) is 25.8 Å². The maximum atomic E-state index is 12.3. The molecule has 1 aliphatic rings. The molecule has 1 amide bonds. The highest BCUT2D eigenvalue weighted by molar-refractivity contribution is 5.78. The second-order valence-electron chi connectivity index (χ2n) is 5.89. The smallest absolute Gasteiger partial charge is 0.228 e. The van der Waals surface area contributed by atoms with Gasteiger partial charge < -0.3 is 9.84 Å². The van der Waals surface area contributed by atoms with Gasteiger partial charge in [0.1, 0.15) is 12.2 Å². The molecule has 3 aromatic rings. The van der Waals surface area contributed by atoms with Gasteiger partial charge in [-0.1, -0.05) is 5.16 Å². The van der Waals surface area contributed by atoms with E-state index in [9.17, 15) is 4.79 Å². The molecule has 0 aliphatic carbocycles. The third-order valence-corrected chi connectivity index (χ3v) is 4.20. The van der Waals surface area contributed by atoms with E-state index in [1.807, 2.05) is 12.1 Å². The van der Waals surface area contributed by atoms with Gasteiger partial charge >= 0.3 is 0 Å². The van der Waals surface area contributed by atoms with E-state index in [0.717, 1.165) is 24.2 Å². The lowest BCUT2D eigenvalue weighted by atomic mass is 9.99. The molecule has 0 bridgehead atoms. The fourth-order valence-corrected chi connectivity index (χ4v) is 2.86. The number of amides is 1. The van der Waals surface area contributed by atoms with Crippen molar-refractivity contribution < 1.29 is 9.32 Å². The van der Waals surface area contributed by atoms with Gasteiger partial charge in [0.05, 0.1) is 12.5 Å². The van der Waals surface area contributed by atoms with Crippen LogP contribution in [0.5, 0.6) is 0 Å². The average molecular weight is 339 g/mol. The molecule has 0 spiro atoms. The molecular formula is C16H17N7O2. The van der Waals surface area contributed by atoms with Crippen LogP contribution in [0.2, 0.25) is 0 Å². The molecular weight excluding hydrogens is 322 g/mol. The molecule has 0 radical (unpaired) electrons. The van der Waals surface area contributed by atoms with Gasteiger partial charge in [-0.05, 0) is 18.6 Å². The first-order valence-corrected chi connectivity index (χ1v) is 8.17. The number of carbonyl (C=O) groups excluding carboxylic acids is 1. The SMILES string of the molecule is O=C(NCCc1nc(-c2cccnc2)no1)C1CCc2ncnn2C1. The maximum absolute atomic E-state index is 12.3. The molecule has 1 unspecified atom stereocenters. The topological polar surface area (TPSA) is 112 Å². The molecule has 0 fully saturated rings. The summed E-state index contributed by atoms with van der Waals surface area (Å²) >= 11 is 0. The van der Waals surface area contributed by atoms with Crippen molar-refractivity contribution in [2.24, 2.45) is 5.92 Å². The second kappa shape index (κ2) is 6.80. The molecule has 0 aromatic carbocycles. The first-order chi connectivity index (χ1) is 12.3. The van der Waals surface area contributed by atoms with Crippen molar-refractivity contribution in [1.29, 1.82) is 0 Å². The molecule has 1 N–H and O–H groups in total. The molecule has 1 aliphatic heterocycles. The number of fused-ring (bicyclic) bond motifs is 1. The Morgan fingerprint density at radius 2 is 2.40 bits per heavy atom. The minimum atomic E-state index is -0.0807. The quantitative estimate of drug-likeness (QED) is 0.726. The Morgan fingerprint density at radius 1 is 1.44 bits per heavy atom. The summed E-state index contributed by atoms with van der Waals surface area (Å²) in [6, 6.07) is 3.68. The highest BCUT2D eigenvalue weighted by Gasteiger charge is 2.25. The van der Waals surface area contributed by atoms with Crippen molar-refractivity contribution in [1.82, 2.24) is 35.2 Å². The lowest BCUT2D eigenvalue weighted by Crippen LogP contribution is -2.37. The first-order valence-electron chi connectivity index (χ1n) is 8.17. The fraction of sp³-hybridized carbons (Fsp3) is 0.375. The highest BCUT2D eigenvalue weighted by atomic mass is 16.5. The number of nitrogens with zero attached hydrogens (tertiary/aromatic N) is 6. The molecule has 4 heterocycles. The highest BCUT2D eigenvalue weighted by Crippen LogP contribution is 2.17. The van der Waals surface area contributed by atoms with E-state index in [1.165, 1.54) is 6.33 Å². The molecule has 3 aromatic heterocycles. The van der Waals surface area contributed by atoms with Crippen molar-refractivity contribution in [3.05, 3.63) is 42.6 Å². The molecule has 25 heavy (non-hydrogen) atoms. The zero-order valence-corrected chi connectivity index (χ0v) is 13.5. The molecule has 9 nitrogen and oxygen atoms in total. The number of nitrogens with one attached hydrogen (secondary N) is 1. The Labute approximate surface area is 143 Å². The third kappa shape index (κ3) is 3.39. The van der Waals surface area contributed by atoms with E-state index in [2.05, 4.69) is 30.5 Å². The molecule has 128 valence electrons. The summed E-state index contributed by atoms with van der Waals surface area (Å²) in [5, 5.41) is 11.0. The van der Waals surface area contributed by atoms with Crippen LogP contribution in [0.3, 0.4) is 0 Å². The van der Waals surface area contributed by atoms with Crippen LogP contribution in [0.15, 0.2) is 35.4 Å². The van der Waals surface area contributed by atoms with Gasteiger partial charge in [0.15, 0.2) is 0 Å². The molecule has 4 rings (SSSR count). The summed E-state index contributed by atoms with van der Waals surface area (Å²) in [6.45, 7) is 1.03. The van der Waals surface area contributed by atoms with Gasteiger partial charge in [-0.15, -0.1) is 0 Å². The van der Waals surface area contributed by atoms with Gasteiger partial charge in [0.25, 0.3) is 0 Å². The predicted molar refractivity (Wildman–Crippen MR) is 86.1 cm³/mol. The monoisotopic (exact) mass is 339 g/mol. The van der Waals surface area contributed by atoms with Crippen LogP contribution >= 0.6 is 0 Å². The second-order valence-corrected chi connectivity index (χ2v) is 5.89. The Bertz CT molecular complexity index is 858. The summed E-state index contributed by atoms with van der Waals surface area (Å²) in [7, 11) is 0. The van der Waals surface area contributed by atoms with Crippen LogP contribution in [-0.2, 0) is 24.2 Å². The van der Waals surface area contributed by atoms with Gasteiger partial charge in [-0.2, -0.15) is 10.1 Å². The van der Waals surface area contributed by atoms with Gasteiger partial charge in [0.2, 0.25) is 17.6 Å². The standard InChI is InChI=1S/C16H17N7O2/c24-16(12-3-4-13-19-10-20-23(13)9-12)18-7-5-14-21-15(22-25-14)11-2-1-6-17-8-11/h1-2,6,8,10,12H,3-5,7,9H2,(H,18,24). The zero-order valence-electron chi connectivity index (χ0n) is 13.5. The molecule has 1 atom stereocenters. The lowest BCUT2D eigenvalue weighted by molar-refractivity contribution is -0.126. The van der Waals surface area contributed by atoms with Gasteiger partial charge in [-0.25, -0.2) is 9.67 Å². The summed E-state index contributed by atoms with van der Waals surface area (Å²) < 4.78 is 7.02. The van der Waals surface area contributed by atoms with Gasteiger partial charge in [-0.3, -0.25) is 9.78 Å². The van der Waals surface area contributed by atoms with E-state index in [4.69, 9.17) is 4.52 Å². The van der Waals surface area contributed by atoms with Crippen molar-refractivity contribution >= 4 is 5.91 Å². The fourth-order valence-electron chi connectivity index (χ4n) is 2.86. The number of aryl methyl sites for hydroxylation is 1. The minimum Gasteiger partial charge on any atom is -0.355 e. The summed E-state index contributed by atoms with van der Waals surface area (Å²) in [6.07, 6.45) is 6.95. The number of hydrogen-bond donors (Lipinski definition) is 1. The van der Waals surface area contributed by atoms with Crippen molar-refractivity contribution in [3.63, 3.8) is 0 Å². The van der Waals surface area contributed by atoms with E-state index in [0.29, 0.717) is 31.2 Å². The summed E-state index contributed by atoms with van der Waals surface area (Å²) in [4.78, 5) is 24.8. The number of carbonyl (C=O) groups is 1. The Hall–Kier alpha value is -3.10. The van der Waals surface area contributed by atoms with E-state index in [1.54, 1.807) is 17.1 Å². The first kappa shape index (κ1) is 15.4. The largest absolute Gasteiger partial charge is 0.355 e. The van der Waals surface area contributed by atoms with E-state index >= 15 is 0 Å². The molecule has 0 saturated heterocycles. The van der Waals surface area contributed by atoms with Crippen LogP contribution in [0.25, 0.3) is 11.4 Å². The number of rotatable bonds is 5. The number of pyridine rings is 1. The minimum absolute atomic E-state index is 0.0214. The maximum Gasteiger partial charge on any atom is 0.228 e. The summed E-state index contributed by atoms with van der Waals surface area (Å²) in [5.41, 5.74) is 0.798. The average Bonchev–Trinajstić information content (AvgIpc) is 3.31. The van der Waals surface area contributed by atoms with Crippen molar-refractivity contribution in [3.8, 4) is 11.4 Å². The predicted octanol–water partition coefficient (Wildman–Crippen LogP) is 0.644. The van der Waals surface area contributed by atoms with Crippen LogP contribution in [-0.4, -0.2) is 42.3 Å². The summed E-state index contributed by atoms with van der Waals surface area (Å²) in [5.74, 6) is 1.87. The van der Waals surface area contributed by atoms with Crippen LogP contribution < -0.4 is 5.32 Å². The van der Waals surface area contributed by atoms with E-state index < -0.39 is 0 Å². The Morgan fingerprint density at radius 3 is 3.28 bits per heavy atom. The lowest BCUT2D eigenvalue weighted by Gasteiger charge is -2.21. The third-order valence-electron chi connectivity index (χ3n) is 4.20.